The number of benzene rings is 2. The molecule has 7 heteroatoms. The largest absolute Gasteiger partial charge is 0.393 e. The maximum Gasteiger partial charge on any atom is 0.349 e. The van der Waals surface area contributed by atoms with Crippen molar-refractivity contribution in [1.82, 2.24) is 9.97 Å². The smallest absolute Gasteiger partial charge is 0.349 e. The SMILES string of the molecule is O=C(OS)c1cccc(-c2nc(-c3ccccc3)cc(N3CCC(O)CC3)n2)c1. The molecule has 1 N–H and O–H groups in total. The minimum absolute atomic E-state index is 0.259. The Balaban J connectivity index is 1.79. The lowest BCUT2D eigenvalue weighted by Crippen LogP contribution is -2.36. The molecule has 6 nitrogen and oxygen atoms in total. The van der Waals surface area contributed by atoms with Crippen LogP contribution in [-0.4, -0.2) is 40.2 Å². The zero-order valence-corrected chi connectivity index (χ0v) is 16.6. The lowest BCUT2D eigenvalue weighted by atomic mass is 10.1. The zero-order chi connectivity index (χ0) is 20.2. The summed E-state index contributed by atoms with van der Waals surface area (Å²) < 4.78 is 4.53. The first kappa shape index (κ1) is 19.4. The minimum Gasteiger partial charge on any atom is -0.393 e. The quantitative estimate of drug-likeness (QED) is 0.507. The lowest BCUT2D eigenvalue weighted by molar-refractivity contribution is 0.0772. The van der Waals surface area contributed by atoms with Crippen LogP contribution in [0.3, 0.4) is 0 Å². The molecule has 1 fully saturated rings. The van der Waals surface area contributed by atoms with Gasteiger partial charge in [-0.25, -0.2) is 14.8 Å². The summed E-state index contributed by atoms with van der Waals surface area (Å²) >= 11 is 3.60. The molecule has 0 radical (unpaired) electrons. The molecule has 0 spiro atoms. The van der Waals surface area contributed by atoms with E-state index >= 15 is 0 Å². The van der Waals surface area contributed by atoms with Gasteiger partial charge in [0.05, 0.1) is 17.4 Å². The first-order valence-electron chi connectivity index (χ1n) is 9.48. The maximum atomic E-state index is 11.9. The first-order chi connectivity index (χ1) is 14.1. The number of aliphatic hydroxyl groups excluding tert-OH is 1. The lowest BCUT2D eigenvalue weighted by Gasteiger charge is -2.31. The molecule has 0 aliphatic carbocycles. The van der Waals surface area contributed by atoms with Crippen molar-refractivity contribution in [2.45, 2.75) is 18.9 Å². The number of carbonyl (C=O) groups excluding carboxylic acids is 1. The number of carbonyl (C=O) groups is 1. The monoisotopic (exact) mass is 407 g/mol. The van der Waals surface area contributed by atoms with Gasteiger partial charge in [-0.15, -0.1) is 0 Å². The molecular formula is C22H21N3O3S. The molecule has 1 aliphatic heterocycles. The summed E-state index contributed by atoms with van der Waals surface area (Å²) in [5.41, 5.74) is 2.89. The number of rotatable bonds is 4. The van der Waals surface area contributed by atoms with Crippen LogP contribution in [0.15, 0.2) is 60.7 Å². The van der Waals surface area contributed by atoms with E-state index in [9.17, 15) is 9.90 Å². The summed E-state index contributed by atoms with van der Waals surface area (Å²) in [6.45, 7) is 1.47. The molecule has 3 aromatic rings. The number of hydrogen-bond donors (Lipinski definition) is 2. The van der Waals surface area contributed by atoms with Gasteiger partial charge in [0.1, 0.15) is 5.82 Å². The molecule has 1 aromatic heterocycles. The molecule has 0 atom stereocenters. The first-order valence-corrected chi connectivity index (χ1v) is 9.84. The predicted molar refractivity (Wildman–Crippen MR) is 115 cm³/mol. The molecule has 0 bridgehead atoms. The Hall–Kier alpha value is -2.90. The van der Waals surface area contributed by atoms with Crippen molar-refractivity contribution in [1.29, 1.82) is 0 Å². The van der Waals surface area contributed by atoms with E-state index in [2.05, 4.69) is 22.0 Å². The Kier molecular flexibility index (Phi) is 5.78. The molecule has 29 heavy (non-hydrogen) atoms. The second-order valence-electron chi connectivity index (χ2n) is 6.98. The van der Waals surface area contributed by atoms with Crippen LogP contribution in [0.4, 0.5) is 5.82 Å². The number of thiol groups is 1. The van der Waals surface area contributed by atoms with Gasteiger partial charge in [0, 0.05) is 43.2 Å². The number of anilines is 1. The highest BCUT2D eigenvalue weighted by molar-refractivity contribution is 7.75. The van der Waals surface area contributed by atoms with E-state index in [1.165, 1.54) is 0 Å². The van der Waals surface area contributed by atoms with Crippen LogP contribution in [-0.2, 0) is 4.18 Å². The summed E-state index contributed by atoms with van der Waals surface area (Å²) in [5, 5.41) is 9.84. The zero-order valence-electron chi connectivity index (χ0n) is 15.7. The van der Waals surface area contributed by atoms with Crippen LogP contribution >= 0.6 is 12.9 Å². The number of hydrogen-bond acceptors (Lipinski definition) is 7. The van der Waals surface area contributed by atoms with Crippen LogP contribution in [0.2, 0.25) is 0 Å². The molecule has 148 valence electrons. The second kappa shape index (κ2) is 8.63. The van der Waals surface area contributed by atoms with Gasteiger partial charge < -0.3 is 14.2 Å². The average Bonchev–Trinajstić information content (AvgIpc) is 2.79. The van der Waals surface area contributed by atoms with Gasteiger partial charge in [0.25, 0.3) is 0 Å². The highest BCUT2D eigenvalue weighted by Crippen LogP contribution is 2.28. The normalized spacial score (nSPS) is 14.6. The Labute approximate surface area is 174 Å². The highest BCUT2D eigenvalue weighted by atomic mass is 32.1. The van der Waals surface area contributed by atoms with Gasteiger partial charge in [-0.1, -0.05) is 42.5 Å². The average molecular weight is 407 g/mol. The van der Waals surface area contributed by atoms with Gasteiger partial charge in [-0.2, -0.15) is 0 Å². The van der Waals surface area contributed by atoms with Gasteiger partial charge >= 0.3 is 5.97 Å². The molecule has 4 rings (SSSR count). The second-order valence-corrected chi connectivity index (χ2v) is 7.16. The van der Waals surface area contributed by atoms with Crippen molar-refractivity contribution in [2.75, 3.05) is 18.0 Å². The van der Waals surface area contributed by atoms with Crippen molar-refractivity contribution in [2.24, 2.45) is 0 Å². The van der Waals surface area contributed by atoms with E-state index in [1.54, 1.807) is 18.2 Å². The fraction of sp³-hybridized carbons (Fsp3) is 0.227. The summed E-state index contributed by atoms with van der Waals surface area (Å²) in [7, 11) is 0. The van der Waals surface area contributed by atoms with Crippen molar-refractivity contribution in [3.05, 3.63) is 66.2 Å². The van der Waals surface area contributed by atoms with Crippen molar-refractivity contribution < 1.29 is 14.1 Å². The number of nitrogens with zero attached hydrogens (tertiary/aromatic N) is 3. The molecule has 0 amide bonds. The number of aliphatic hydroxyl groups is 1. The van der Waals surface area contributed by atoms with Crippen LogP contribution in [0, 0.1) is 0 Å². The summed E-state index contributed by atoms with van der Waals surface area (Å²) in [5.74, 6) is 0.809. The van der Waals surface area contributed by atoms with Gasteiger partial charge in [0.15, 0.2) is 5.82 Å². The fourth-order valence-electron chi connectivity index (χ4n) is 3.42. The van der Waals surface area contributed by atoms with Crippen LogP contribution in [0.25, 0.3) is 22.6 Å². The maximum absolute atomic E-state index is 11.9. The van der Waals surface area contributed by atoms with E-state index in [-0.39, 0.29) is 6.10 Å². The Morgan fingerprint density at radius 3 is 2.45 bits per heavy atom. The molecule has 2 heterocycles. The third kappa shape index (κ3) is 4.41. The standard InChI is InChI=1S/C22H21N3O3S/c26-18-9-11-25(12-10-18)20-14-19(15-5-2-1-3-6-15)23-21(24-20)16-7-4-8-17(13-16)22(27)28-29/h1-8,13-14,18,26,29H,9-12H2. The molecule has 0 unspecified atom stereocenters. The van der Waals surface area contributed by atoms with E-state index < -0.39 is 5.97 Å². The Morgan fingerprint density at radius 2 is 1.72 bits per heavy atom. The third-order valence-electron chi connectivity index (χ3n) is 5.01. The minimum atomic E-state index is -0.528. The van der Waals surface area contributed by atoms with Gasteiger partial charge in [-0.3, -0.25) is 0 Å². The molecular weight excluding hydrogens is 386 g/mol. The number of piperidine rings is 1. The number of aromatic nitrogens is 2. The van der Waals surface area contributed by atoms with Gasteiger partial charge in [0.2, 0.25) is 0 Å². The van der Waals surface area contributed by atoms with Crippen molar-refractivity contribution >= 4 is 24.7 Å². The summed E-state index contributed by atoms with van der Waals surface area (Å²) in [6, 6.07) is 18.9. The molecule has 2 aromatic carbocycles. The Bertz CT molecular complexity index is 1010. The predicted octanol–water partition coefficient (Wildman–Crippen LogP) is 3.77. The molecule has 1 aliphatic rings. The molecule has 0 saturated carbocycles. The highest BCUT2D eigenvalue weighted by Gasteiger charge is 2.20. The van der Waals surface area contributed by atoms with Crippen LogP contribution < -0.4 is 4.90 Å². The Morgan fingerprint density at radius 1 is 1.00 bits per heavy atom. The van der Waals surface area contributed by atoms with Crippen molar-refractivity contribution in [3.63, 3.8) is 0 Å². The van der Waals surface area contributed by atoms with E-state index in [0.717, 1.165) is 35.7 Å². The van der Waals surface area contributed by atoms with E-state index in [4.69, 9.17) is 9.97 Å². The topological polar surface area (TPSA) is 75.5 Å². The summed E-state index contributed by atoms with van der Waals surface area (Å²) in [6.07, 6.45) is 1.16. The van der Waals surface area contributed by atoms with Crippen molar-refractivity contribution in [3.8, 4) is 22.6 Å². The molecule has 1 saturated heterocycles. The van der Waals surface area contributed by atoms with Crippen LogP contribution in [0.5, 0.6) is 0 Å². The third-order valence-corrected chi connectivity index (χ3v) is 5.18. The van der Waals surface area contributed by atoms with Crippen LogP contribution in [0.1, 0.15) is 23.2 Å². The van der Waals surface area contributed by atoms with Gasteiger partial charge in [-0.05, 0) is 25.0 Å². The summed E-state index contributed by atoms with van der Waals surface area (Å²) in [4.78, 5) is 23.5. The van der Waals surface area contributed by atoms with E-state index in [0.29, 0.717) is 24.2 Å². The van der Waals surface area contributed by atoms with E-state index in [1.807, 2.05) is 42.5 Å². The fourth-order valence-corrected chi connectivity index (χ4v) is 3.52.